The first-order chi connectivity index (χ1) is 8.39. The number of carbonyl (C=O) groups excluding carboxylic acids is 2. The number of hydrogen-bond acceptors (Lipinski definition) is 3. The Morgan fingerprint density at radius 3 is 2.61 bits per heavy atom. The molecule has 98 valence electrons. The van der Waals surface area contributed by atoms with Gasteiger partial charge in [0, 0.05) is 31.0 Å². The van der Waals surface area contributed by atoms with Crippen LogP contribution in [0.2, 0.25) is 0 Å². The topological polar surface area (TPSA) is 51.5 Å². The molecule has 0 atom stereocenters. The van der Waals surface area contributed by atoms with Gasteiger partial charge in [-0.25, -0.2) is 4.79 Å². The van der Waals surface area contributed by atoms with Crippen LogP contribution in [0.1, 0.15) is 37.2 Å². The van der Waals surface area contributed by atoms with Crippen LogP contribution in [0, 0.1) is 0 Å². The summed E-state index contributed by atoms with van der Waals surface area (Å²) in [5.41, 5.74) is 0.200. The molecule has 2 heterocycles. The SMILES string of the molecule is CC(C)(C)OC(=O)N1CC(n2ccc(C=O)c2)C1. The molecule has 1 aliphatic rings. The minimum absolute atomic E-state index is 0.242. The van der Waals surface area contributed by atoms with E-state index < -0.39 is 5.60 Å². The molecule has 1 aromatic heterocycles. The van der Waals surface area contributed by atoms with Crippen molar-refractivity contribution < 1.29 is 14.3 Å². The quantitative estimate of drug-likeness (QED) is 0.755. The second-order valence-corrected chi connectivity index (χ2v) is 5.55. The minimum atomic E-state index is -0.458. The number of rotatable bonds is 2. The van der Waals surface area contributed by atoms with Crippen LogP contribution >= 0.6 is 0 Å². The maximum absolute atomic E-state index is 11.7. The molecule has 0 aliphatic carbocycles. The Hall–Kier alpha value is -1.78. The van der Waals surface area contributed by atoms with Crippen molar-refractivity contribution in [1.82, 2.24) is 9.47 Å². The predicted molar refractivity (Wildman–Crippen MR) is 66.7 cm³/mol. The van der Waals surface area contributed by atoms with Crippen molar-refractivity contribution in [2.75, 3.05) is 13.1 Å². The van der Waals surface area contributed by atoms with Crippen LogP contribution in [0.5, 0.6) is 0 Å². The molecule has 0 N–H and O–H groups in total. The van der Waals surface area contributed by atoms with Gasteiger partial charge in [0.25, 0.3) is 0 Å². The fourth-order valence-corrected chi connectivity index (χ4v) is 1.85. The second kappa shape index (κ2) is 4.48. The van der Waals surface area contributed by atoms with Crippen LogP contribution in [0.25, 0.3) is 0 Å². The second-order valence-electron chi connectivity index (χ2n) is 5.55. The zero-order valence-electron chi connectivity index (χ0n) is 10.9. The van der Waals surface area contributed by atoms with E-state index in [2.05, 4.69) is 0 Å². The zero-order chi connectivity index (χ0) is 13.3. The molecule has 0 aromatic carbocycles. The van der Waals surface area contributed by atoms with Crippen molar-refractivity contribution in [1.29, 1.82) is 0 Å². The third kappa shape index (κ3) is 2.72. The first-order valence-corrected chi connectivity index (χ1v) is 5.99. The highest BCUT2D eigenvalue weighted by atomic mass is 16.6. The summed E-state index contributed by atoms with van der Waals surface area (Å²) < 4.78 is 7.24. The van der Waals surface area contributed by atoms with Gasteiger partial charge in [-0.15, -0.1) is 0 Å². The molecule has 1 aliphatic heterocycles. The highest BCUT2D eigenvalue weighted by molar-refractivity contribution is 5.74. The van der Waals surface area contributed by atoms with Gasteiger partial charge in [-0.1, -0.05) is 0 Å². The Labute approximate surface area is 106 Å². The highest BCUT2D eigenvalue weighted by Crippen LogP contribution is 2.24. The number of carbonyl (C=O) groups is 2. The van der Waals surface area contributed by atoms with Crippen molar-refractivity contribution in [3.8, 4) is 0 Å². The van der Waals surface area contributed by atoms with Crippen molar-refractivity contribution in [3.63, 3.8) is 0 Å². The number of amides is 1. The first-order valence-electron chi connectivity index (χ1n) is 5.99. The molecule has 2 rings (SSSR count). The van der Waals surface area contributed by atoms with E-state index in [1.54, 1.807) is 17.2 Å². The van der Waals surface area contributed by atoms with E-state index in [0.717, 1.165) is 6.29 Å². The van der Waals surface area contributed by atoms with Crippen molar-refractivity contribution in [3.05, 3.63) is 24.0 Å². The molecular formula is C13H18N2O3. The molecule has 0 bridgehead atoms. The molecular weight excluding hydrogens is 232 g/mol. The van der Waals surface area contributed by atoms with E-state index in [9.17, 15) is 9.59 Å². The van der Waals surface area contributed by atoms with Crippen molar-refractivity contribution >= 4 is 12.4 Å². The fourth-order valence-electron chi connectivity index (χ4n) is 1.85. The number of aromatic nitrogens is 1. The Kier molecular flexibility index (Phi) is 3.15. The summed E-state index contributed by atoms with van der Waals surface area (Å²) in [5.74, 6) is 0. The van der Waals surface area contributed by atoms with E-state index >= 15 is 0 Å². The van der Waals surface area contributed by atoms with Crippen LogP contribution in [0.3, 0.4) is 0 Å². The maximum Gasteiger partial charge on any atom is 0.410 e. The van der Waals surface area contributed by atoms with Crippen LogP contribution in [-0.2, 0) is 4.74 Å². The Balaban J connectivity index is 1.87. The van der Waals surface area contributed by atoms with Gasteiger partial charge in [0.2, 0.25) is 0 Å². The third-order valence-corrected chi connectivity index (χ3v) is 2.81. The molecule has 5 heteroatoms. The molecule has 5 nitrogen and oxygen atoms in total. The summed E-state index contributed by atoms with van der Waals surface area (Å²) in [6.07, 6.45) is 4.20. The van der Waals surface area contributed by atoms with Gasteiger partial charge >= 0.3 is 6.09 Å². The standard InChI is InChI=1S/C13H18N2O3/c1-13(2,3)18-12(17)15-7-11(8-15)14-5-4-10(6-14)9-16/h4-6,9,11H,7-8H2,1-3H3. The lowest BCUT2D eigenvalue weighted by molar-refractivity contribution is 0.00110. The summed E-state index contributed by atoms with van der Waals surface area (Å²) >= 11 is 0. The van der Waals surface area contributed by atoms with E-state index in [0.29, 0.717) is 18.7 Å². The summed E-state index contributed by atoms with van der Waals surface area (Å²) in [5, 5.41) is 0. The zero-order valence-corrected chi connectivity index (χ0v) is 10.9. The Morgan fingerprint density at radius 2 is 2.11 bits per heavy atom. The molecule has 1 amide bonds. The molecule has 0 radical (unpaired) electrons. The number of ether oxygens (including phenoxy) is 1. The van der Waals surface area contributed by atoms with Gasteiger partial charge < -0.3 is 14.2 Å². The average molecular weight is 250 g/mol. The summed E-state index contributed by atoms with van der Waals surface area (Å²) in [7, 11) is 0. The van der Waals surface area contributed by atoms with Gasteiger partial charge in [-0.05, 0) is 26.8 Å². The van der Waals surface area contributed by atoms with Gasteiger partial charge in [0.05, 0.1) is 6.04 Å². The summed E-state index contributed by atoms with van der Waals surface area (Å²) in [6.45, 7) is 6.81. The van der Waals surface area contributed by atoms with Crippen molar-refractivity contribution in [2.24, 2.45) is 0 Å². The van der Waals surface area contributed by atoms with Crippen LogP contribution in [0.15, 0.2) is 18.5 Å². The lowest BCUT2D eigenvalue weighted by Gasteiger charge is -2.40. The number of aldehydes is 1. The Morgan fingerprint density at radius 1 is 1.44 bits per heavy atom. The van der Waals surface area contributed by atoms with E-state index in [4.69, 9.17) is 4.74 Å². The highest BCUT2D eigenvalue weighted by Gasteiger charge is 2.34. The smallest absolute Gasteiger partial charge is 0.410 e. The maximum atomic E-state index is 11.7. The number of likely N-dealkylation sites (tertiary alicyclic amines) is 1. The monoisotopic (exact) mass is 250 g/mol. The number of nitrogens with zero attached hydrogens (tertiary/aromatic N) is 2. The van der Waals surface area contributed by atoms with E-state index in [-0.39, 0.29) is 12.1 Å². The first kappa shape index (κ1) is 12.7. The van der Waals surface area contributed by atoms with Crippen LogP contribution in [0.4, 0.5) is 4.79 Å². The Bertz CT molecular complexity index is 453. The van der Waals surface area contributed by atoms with Crippen LogP contribution < -0.4 is 0 Å². The largest absolute Gasteiger partial charge is 0.444 e. The number of hydrogen-bond donors (Lipinski definition) is 0. The molecule has 1 fully saturated rings. The van der Waals surface area contributed by atoms with Crippen molar-refractivity contribution in [2.45, 2.75) is 32.4 Å². The van der Waals surface area contributed by atoms with Crippen LogP contribution in [-0.4, -0.2) is 40.5 Å². The summed E-state index contributed by atoms with van der Waals surface area (Å²) in [6, 6.07) is 2.01. The molecule has 0 spiro atoms. The molecule has 18 heavy (non-hydrogen) atoms. The third-order valence-electron chi connectivity index (χ3n) is 2.81. The van der Waals surface area contributed by atoms with E-state index in [1.165, 1.54) is 0 Å². The molecule has 1 aromatic rings. The molecule has 1 saturated heterocycles. The van der Waals surface area contributed by atoms with Gasteiger partial charge in [0.1, 0.15) is 5.60 Å². The average Bonchev–Trinajstić information content (AvgIpc) is 2.60. The van der Waals surface area contributed by atoms with Gasteiger partial charge in [-0.2, -0.15) is 0 Å². The lowest BCUT2D eigenvalue weighted by atomic mass is 10.1. The normalized spacial score (nSPS) is 16.3. The van der Waals surface area contributed by atoms with Gasteiger partial charge in [-0.3, -0.25) is 4.79 Å². The fraction of sp³-hybridized carbons (Fsp3) is 0.538. The predicted octanol–water partition coefficient (Wildman–Crippen LogP) is 2.09. The summed E-state index contributed by atoms with van der Waals surface area (Å²) in [4.78, 5) is 24.0. The lowest BCUT2D eigenvalue weighted by Crippen LogP contribution is -2.51. The van der Waals surface area contributed by atoms with Gasteiger partial charge in [0.15, 0.2) is 6.29 Å². The molecule has 0 saturated carbocycles. The molecule has 0 unspecified atom stereocenters. The minimum Gasteiger partial charge on any atom is -0.444 e. The van der Waals surface area contributed by atoms with E-state index in [1.807, 2.05) is 31.5 Å².